The van der Waals surface area contributed by atoms with Gasteiger partial charge in [0.25, 0.3) is 0 Å². The zero-order valence-corrected chi connectivity index (χ0v) is 13.4. The van der Waals surface area contributed by atoms with Gasteiger partial charge in [-0.1, -0.05) is 18.2 Å². The lowest BCUT2D eigenvalue weighted by Gasteiger charge is -2.11. The minimum atomic E-state index is -0.373. The van der Waals surface area contributed by atoms with Crippen molar-refractivity contribution in [3.8, 4) is 11.5 Å². The van der Waals surface area contributed by atoms with Gasteiger partial charge in [-0.15, -0.1) is 0 Å². The van der Waals surface area contributed by atoms with Crippen molar-refractivity contribution in [2.24, 2.45) is 0 Å². The molecule has 3 aromatic rings. The molecule has 0 saturated heterocycles. The second-order valence-corrected chi connectivity index (χ2v) is 5.10. The zero-order valence-electron chi connectivity index (χ0n) is 13.4. The fraction of sp³-hybridized carbons (Fsp3) is 0.111. The summed E-state index contributed by atoms with van der Waals surface area (Å²) in [5.41, 5.74) is 2.06. The van der Waals surface area contributed by atoms with Crippen LogP contribution in [0, 0.1) is 0 Å². The van der Waals surface area contributed by atoms with Crippen LogP contribution in [-0.2, 0) is 0 Å². The number of carbonyl (C=O) groups excluding carboxylic acids is 1. The van der Waals surface area contributed by atoms with Crippen LogP contribution in [0.3, 0.4) is 0 Å². The number of benzene rings is 2. The van der Waals surface area contributed by atoms with E-state index < -0.39 is 0 Å². The van der Waals surface area contributed by atoms with Gasteiger partial charge in [-0.2, -0.15) is 0 Å². The number of pyridine rings is 1. The molecule has 3 rings (SSSR count). The maximum Gasteiger partial charge on any atom is 0.323 e. The molecular weight excluding hydrogens is 306 g/mol. The lowest BCUT2D eigenvalue weighted by atomic mass is 10.2. The van der Waals surface area contributed by atoms with Crippen molar-refractivity contribution >= 4 is 28.3 Å². The molecule has 2 aromatic carbocycles. The largest absolute Gasteiger partial charge is 0.497 e. The summed E-state index contributed by atoms with van der Waals surface area (Å²) in [6.45, 7) is 0. The Hall–Kier alpha value is -3.28. The zero-order chi connectivity index (χ0) is 16.9. The fourth-order valence-electron chi connectivity index (χ4n) is 2.31. The smallest absolute Gasteiger partial charge is 0.323 e. The van der Waals surface area contributed by atoms with Crippen molar-refractivity contribution in [3.05, 3.63) is 54.7 Å². The molecule has 0 aliphatic rings. The number of nitrogens with zero attached hydrogens (tertiary/aromatic N) is 1. The molecule has 0 atom stereocenters. The molecule has 6 nitrogen and oxygen atoms in total. The van der Waals surface area contributed by atoms with Gasteiger partial charge in [0, 0.05) is 29.3 Å². The lowest BCUT2D eigenvalue weighted by molar-refractivity contribution is 0.262. The van der Waals surface area contributed by atoms with Crippen molar-refractivity contribution < 1.29 is 14.3 Å². The van der Waals surface area contributed by atoms with E-state index in [1.807, 2.05) is 30.3 Å². The van der Waals surface area contributed by atoms with Crippen LogP contribution in [0.15, 0.2) is 54.7 Å². The average Bonchev–Trinajstić information content (AvgIpc) is 2.61. The highest BCUT2D eigenvalue weighted by molar-refractivity contribution is 6.00. The van der Waals surface area contributed by atoms with Gasteiger partial charge in [-0.25, -0.2) is 4.79 Å². The van der Waals surface area contributed by atoms with Crippen molar-refractivity contribution in [3.63, 3.8) is 0 Å². The van der Waals surface area contributed by atoms with E-state index in [4.69, 9.17) is 9.47 Å². The van der Waals surface area contributed by atoms with E-state index in [0.717, 1.165) is 10.9 Å². The molecular formula is C18H17N3O3. The molecule has 0 saturated carbocycles. The number of hydrogen-bond acceptors (Lipinski definition) is 4. The number of para-hydroxylation sites is 1. The van der Waals surface area contributed by atoms with Gasteiger partial charge in [-0.3, -0.25) is 4.98 Å². The molecule has 1 aromatic heterocycles. The van der Waals surface area contributed by atoms with Crippen molar-refractivity contribution in [2.45, 2.75) is 0 Å². The molecule has 122 valence electrons. The summed E-state index contributed by atoms with van der Waals surface area (Å²) in [6.07, 6.45) is 1.62. The number of methoxy groups -OCH3 is 2. The van der Waals surface area contributed by atoms with Crippen LogP contribution in [0.4, 0.5) is 16.2 Å². The van der Waals surface area contributed by atoms with Crippen LogP contribution in [0.2, 0.25) is 0 Å². The van der Waals surface area contributed by atoms with Gasteiger partial charge in [-0.05, 0) is 12.1 Å². The van der Waals surface area contributed by atoms with Crippen LogP contribution in [0.5, 0.6) is 11.5 Å². The molecule has 0 unspecified atom stereocenters. The Morgan fingerprint density at radius 2 is 1.58 bits per heavy atom. The van der Waals surface area contributed by atoms with E-state index in [0.29, 0.717) is 22.9 Å². The van der Waals surface area contributed by atoms with Crippen LogP contribution in [0.1, 0.15) is 0 Å². The number of nitrogens with one attached hydrogen (secondary N) is 2. The molecule has 0 aliphatic carbocycles. The maximum absolute atomic E-state index is 12.2. The van der Waals surface area contributed by atoms with Crippen LogP contribution >= 0.6 is 0 Å². The summed E-state index contributed by atoms with van der Waals surface area (Å²) < 4.78 is 10.4. The highest BCUT2D eigenvalue weighted by Crippen LogP contribution is 2.26. The number of rotatable bonds is 4. The molecule has 0 bridgehead atoms. The number of anilines is 2. The number of fused-ring (bicyclic) bond motifs is 1. The Balaban J connectivity index is 1.74. The summed E-state index contributed by atoms with van der Waals surface area (Å²) in [6, 6.07) is 14.4. The molecule has 2 amide bonds. The summed E-state index contributed by atoms with van der Waals surface area (Å²) in [7, 11) is 3.11. The minimum Gasteiger partial charge on any atom is -0.497 e. The van der Waals surface area contributed by atoms with E-state index in [-0.39, 0.29) is 6.03 Å². The molecule has 24 heavy (non-hydrogen) atoms. The van der Waals surface area contributed by atoms with Crippen LogP contribution in [0.25, 0.3) is 10.9 Å². The first-order valence-electron chi connectivity index (χ1n) is 7.34. The predicted octanol–water partition coefficient (Wildman–Crippen LogP) is 3.90. The molecule has 6 heteroatoms. The van der Waals surface area contributed by atoms with E-state index >= 15 is 0 Å². The molecule has 0 radical (unpaired) electrons. The lowest BCUT2D eigenvalue weighted by Crippen LogP contribution is -2.19. The second kappa shape index (κ2) is 6.87. The van der Waals surface area contributed by atoms with E-state index in [1.165, 1.54) is 0 Å². The van der Waals surface area contributed by atoms with E-state index in [1.54, 1.807) is 38.6 Å². The summed E-state index contributed by atoms with van der Waals surface area (Å²) in [4.78, 5) is 16.5. The highest BCUT2D eigenvalue weighted by Gasteiger charge is 2.07. The van der Waals surface area contributed by atoms with Crippen molar-refractivity contribution in [1.29, 1.82) is 0 Å². The maximum atomic E-state index is 12.2. The third kappa shape index (κ3) is 3.55. The average molecular weight is 323 g/mol. The second-order valence-electron chi connectivity index (χ2n) is 5.10. The first kappa shape index (κ1) is 15.6. The monoisotopic (exact) mass is 323 g/mol. The number of ether oxygens (including phenoxy) is 2. The standard InChI is InChI=1S/C18H17N3O3/c1-23-15-8-13(9-16(10-15)24-2)20-18(22)21-14-7-12-5-3-4-6-17(12)19-11-14/h3-11H,1-2H3,(H2,20,21,22). The number of hydrogen-bond donors (Lipinski definition) is 2. The Morgan fingerprint density at radius 3 is 2.29 bits per heavy atom. The van der Waals surface area contributed by atoms with Crippen LogP contribution in [-0.4, -0.2) is 25.2 Å². The van der Waals surface area contributed by atoms with Gasteiger partial charge >= 0.3 is 6.03 Å². The predicted molar refractivity (Wildman–Crippen MR) is 93.9 cm³/mol. The first-order valence-corrected chi connectivity index (χ1v) is 7.34. The topological polar surface area (TPSA) is 72.5 Å². The Bertz CT molecular complexity index is 858. The molecule has 1 heterocycles. The Morgan fingerprint density at radius 1 is 0.917 bits per heavy atom. The summed E-state index contributed by atoms with van der Waals surface area (Å²) in [5.74, 6) is 1.19. The first-order chi connectivity index (χ1) is 11.7. The van der Waals surface area contributed by atoms with Gasteiger partial charge in [0.15, 0.2) is 0 Å². The van der Waals surface area contributed by atoms with E-state index in [9.17, 15) is 4.79 Å². The fourth-order valence-corrected chi connectivity index (χ4v) is 2.31. The third-order valence-electron chi connectivity index (χ3n) is 3.46. The van der Waals surface area contributed by atoms with Gasteiger partial charge in [0.2, 0.25) is 0 Å². The minimum absolute atomic E-state index is 0.373. The quantitative estimate of drug-likeness (QED) is 0.764. The number of amides is 2. The number of carbonyl (C=O) groups is 1. The number of aromatic nitrogens is 1. The normalized spacial score (nSPS) is 10.2. The molecule has 0 aliphatic heterocycles. The van der Waals surface area contributed by atoms with Gasteiger partial charge in [0.05, 0.1) is 31.6 Å². The van der Waals surface area contributed by atoms with E-state index in [2.05, 4.69) is 15.6 Å². The molecule has 2 N–H and O–H groups in total. The SMILES string of the molecule is COc1cc(NC(=O)Nc2cnc3ccccc3c2)cc(OC)c1. The Kier molecular flexibility index (Phi) is 4.47. The summed E-state index contributed by atoms with van der Waals surface area (Å²) >= 11 is 0. The molecule has 0 spiro atoms. The number of urea groups is 1. The summed E-state index contributed by atoms with van der Waals surface area (Å²) in [5, 5.41) is 6.47. The third-order valence-corrected chi connectivity index (χ3v) is 3.46. The van der Waals surface area contributed by atoms with Gasteiger partial charge in [0.1, 0.15) is 11.5 Å². The highest BCUT2D eigenvalue weighted by atomic mass is 16.5. The Labute approximate surface area is 139 Å². The van der Waals surface area contributed by atoms with Crippen LogP contribution < -0.4 is 20.1 Å². The molecule has 0 fully saturated rings. The van der Waals surface area contributed by atoms with Crippen molar-refractivity contribution in [2.75, 3.05) is 24.9 Å². The van der Waals surface area contributed by atoms with Crippen molar-refractivity contribution in [1.82, 2.24) is 4.98 Å². The van der Waals surface area contributed by atoms with Gasteiger partial charge < -0.3 is 20.1 Å².